The highest BCUT2D eigenvalue weighted by Crippen LogP contribution is 2.38. The lowest BCUT2D eigenvalue weighted by atomic mass is 9.94. The maximum absolute atomic E-state index is 11.0. The van der Waals surface area contributed by atoms with Crippen LogP contribution in [0.2, 0.25) is 0 Å². The van der Waals surface area contributed by atoms with E-state index in [4.69, 9.17) is 4.74 Å². The number of nitro groups is 1. The highest BCUT2D eigenvalue weighted by molar-refractivity contribution is 9.10. The van der Waals surface area contributed by atoms with E-state index in [9.17, 15) is 10.1 Å². The first-order valence-corrected chi connectivity index (χ1v) is 7.14. The van der Waals surface area contributed by atoms with Crippen LogP contribution < -0.4 is 4.90 Å². The summed E-state index contributed by atoms with van der Waals surface area (Å²) in [4.78, 5) is 16.4. The van der Waals surface area contributed by atoms with Crippen LogP contribution in [0.5, 0.6) is 0 Å². The van der Waals surface area contributed by atoms with E-state index < -0.39 is 4.92 Å². The predicted molar refractivity (Wildman–Crippen MR) is 80.0 cm³/mol. The number of hydrogen-bond donors (Lipinski definition) is 0. The van der Waals surface area contributed by atoms with Crippen molar-refractivity contribution in [3.05, 3.63) is 26.9 Å². The second-order valence-corrected chi connectivity index (χ2v) is 7.19. The van der Waals surface area contributed by atoms with Crippen molar-refractivity contribution in [1.29, 1.82) is 0 Å². The van der Waals surface area contributed by atoms with Gasteiger partial charge in [0.25, 0.3) is 0 Å². The second kappa shape index (κ2) is 4.96. The van der Waals surface area contributed by atoms with Gasteiger partial charge in [-0.15, -0.1) is 0 Å². The zero-order chi connectivity index (χ0) is 15.1. The summed E-state index contributed by atoms with van der Waals surface area (Å²) in [6, 6.07) is 1.72. The molecule has 1 aliphatic heterocycles. The quantitative estimate of drug-likeness (QED) is 0.622. The van der Waals surface area contributed by atoms with Crippen LogP contribution in [0, 0.1) is 10.1 Å². The minimum Gasteiger partial charge on any atom is -0.366 e. The van der Waals surface area contributed by atoms with Crippen molar-refractivity contribution >= 4 is 27.4 Å². The van der Waals surface area contributed by atoms with Crippen molar-refractivity contribution in [3.63, 3.8) is 0 Å². The average molecular weight is 344 g/mol. The summed E-state index contributed by atoms with van der Waals surface area (Å²) < 4.78 is 6.73. The summed E-state index contributed by atoms with van der Waals surface area (Å²) in [5, 5.41) is 11.0. The fourth-order valence-corrected chi connectivity index (χ4v) is 2.85. The lowest BCUT2D eigenvalue weighted by Gasteiger charge is -2.51. The Kier molecular flexibility index (Phi) is 3.77. The molecule has 0 bridgehead atoms. The van der Waals surface area contributed by atoms with Crippen LogP contribution in [0.1, 0.15) is 27.7 Å². The first-order valence-electron chi connectivity index (χ1n) is 6.35. The zero-order valence-corrected chi connectivity index (χ0v) is 13.6. The molecule has 2 heterocycles. The molecule has 0 radical (unpaired) electrons. The highest BCUT2D eigenvalue weighted by Gasteiger charge is 2.44. The van der Waals surface area contributed by atoms with Gasteiger partial charge in [-0.3, -0.25) is 0 Å². The SMILES string of the molecule is CC(C)(C)OC1(C)CN(c2cc(Br)cnc2[N+](=O)[O-])C1. The molecule has 1 saturated heterocycles. The van der Waals surface area contributed by atoms with Crippen LogP contribution in [0.15, 0.2) is 16.7 Å². The Hall–Kier alpha value is -1.21. The first-order chi connectivity index (χ1) is 9.10. The van der Waals surface area contributed by atoms with Crippen LogP contribution >= 0.6 is 15.9 Å². The van der Waals surface area contributed by atoms with E-state index in [1.165, 1.54) is 6.20 Å². The van der Waals surface area contributed by atoms with E-state index in [-0.39, 0.29) is 17.0 Å². The van der Waals surface area contributed by atoms with E-state index in [0.717, 1.165) is 4.47 Å². The minimum atomic E-state index is -0.456. The van der Waals surface area contributed by atoms with Gasteiger partial charge in [0, 0.05) is 13.1 Å². The van der Waals surface area contributed by atoms with E-state index in [0.29, 0.717) is 18.8 Å². The number of aromatic nitrogens is 1. The molecule has 0 saturated carbocycles. The third-order valence-electron chi connectivity index (χ3n) is 2.93. The molecule has 1 fully saturated rings. The fourth-order valence-electron chi connectivity index (χ4n) is 2.53. The van der Waals surface area contributed by atoms with Gasteiger partial charge in [0.15, 0.2) is 6.20 Å². The molecule has 0 aromatic carbocycles. The second-order valence-electron chi connectivity index (χ2n) is 6.27. The Balaban J connectivity index is 2.17. The molecular weight excluding hydrogens is 326 g/mol. The van der Waals surface area contributed by atoms with Gasteiger partial charge < -0.3 is 19.8 Å². The third-order valence-corrected chi connectivity index (χ3v) is 3.36. The van der Waals surface area contributed by atoms with E-state index in [1.807, 2.05) is 32.6 Å². The van der Waals surface area contributed by atoms with Gasteiger partial charge in [-0.1, -0.05) is 0 Å². The van der Waals surface area contributed by atoms with E-state index in [1.54, 1.807) is 6.07 Å². The van der Waals surface area contributed by atoms with Gasteiger partial charge in [0.1, 0.15) is 11.3 Å². The number of anilines is 1. The number of halogens is 1. The standard InChI is InChI=1S/C13H18BrN3O3/c1-12(2,3)20-13(4)7-16(8-13)10-5-9(14)6-15-11(10)17(18)19/h5-6H,7-8H2,1-4H3. The summed E-state index contributed by atoms with van der Waals surface area (Å²) in [6.45, 7) is 9.26. The molecule has 1 aromatic heterocycles. The van der Waals surface area contributed by atoms with Gasteiger partial charge >= 0.3 is 5.82 Å². The molecule has 6 nitrogen and oxygen atoms in total. The van der Waals surface area contributed by atoms with Crippen LogP contribution in [-0.4, -0.2) is 34.2 Å². The third kappa shape index (κ3) is 3.27. The normalized spacial score (nSPS) is 17.8. The Labute approximate surface area is 126 Å². The first kappa shape index (κ1) is 15.2. The number of rotatable bonds is 3. The molecule has 0 amide bonds. The van der Waals surface area contributed by atoms with Gasteiger partial charge in [-0.2, -0.15) is 0 Å². The van der Waals surface area contributed by atoms with Crippen LogP contribution in [0.4, 0.5) is 11.5 Å². The maximum Gasteiger partial charge on any atom is 0.387 e. The van der Waals surface area contributed by atoms with Gasteiger partial charge in [0.05, 0.1) is 10.1 Å². The lowest BCUT2D eigenvalue weighted by molar-refractivity contribution is -0.388. The molecule has 110 valence electrons. The smallest absolute Gasteiger partial charge is 0.366 e. The highest BCUT2D eigenvalue weighted by atomic mass is 79.9. The molecule has 0 atom stereocenters. The van der Waals surface area contributed by atoms with Crippen molar-refractivity contribution in [2.45, 2.75) is 38.9 Å². The average Bonchev–Trinajstić information content (AvgIpc) is 2.22. The van der Waals surface area contributed by atoms with Crippen LogP contribution in [0.25, 0.3) is 0 Å². The Morgan fingerprint density at radius 3 is 2.60 bits per heavy atom. The Morgan fingerprint density at radius 1 is 1.50 bits per heavy atom. The Morgan fingerprint density at radius 2 is 2.10 bits per heavy atom. The molecule has 0 unspecified atom stereocenters. The topological polar surface area (TPSA) is 68.5 Å². The monoisotopic (exact) mass is 343 g/mol. The number of ether oxygens (including phenoxy) is 1. The molecule has 0 spiro atoms. The molecule has 1 aliphatic rings. The molecule has 0 N–H and O–H groups in total. The molecule has 7 heteroatoms. The lowest BCUT2D eigenvalue weighted by Crippen LogP contribution is -2.63. The molecule has 1 aromatic rings. The van der Waals surface area contributed by atoms with Crippen molar-refractivity contribution in [2.24, 2.45) is 0 Å². The van der Waals surface area contributed by atoms with Gasteiger partial charge in [0.2, 0.25) is 0 Å². The maximum atomic E-state index is 11.0. The largest absolute Gasteiger partial charge is 0.387 e. The summed E-state index contributed by atoms with van der Waals surface area (Å²) >= 11 is 3.30. The van der Waals surface area contributed by atoms with E-state index >= 15 is 0 Å². The van der Waals surface area contributed by atoms with Crippen molar-refractivity contribution < 1.29 is 9.66 Å². The van der Waals surface area contributed by atoms with Crippen LogP contribution in [0.3, 0.4) is 0 Å². The minimum absolute atomic E-state index is 0.119. The Bertz CT molecular complexity index is 536. The number of hydrogen-bond acceptors (Lipinski definition) is 5. The van der Waals surface area contributed by atoms with E-state index in [2.05, 4.69) is 20.9 Å². The van der Waals surface area contributed by atoms with Gasteiger partial charge in [-0.05, 0) is 59.6 Å². The van der Waals surface area contributed by atoms with Crippen LogP contribution in [-0.2, 0) is 4.74 Å². The molecule has 0 aliphatic carbocycles. The summed E-state index contributed by atoms with van der Waals surface area (Å²) in [5.41, 5.74) is 0.0101. The van der Waals surface area contributed by atoms with Crippen molar-refractivity contribution in [3.8, 4) is 0 Å². The molecule has 2 rings (SSSR count). The summed E-state index contributed by atoms with van der Waals surface area (Å²) in [7, 11) is 0. The van der Waals surface area contributed by atoms with Crippen molar-refractivity contribution in [2.75, 3.05) is 18.0 Å². The fraction of sp³-hybridized carbons (Fsp3) is 0.615. The molecule has 20 heavy (non-hydrogen) atoms. The van der Waals surface area contributed by atoms with Gasteiger partial charge in [-0.25, -0.2) is 0 Å². The summed E-state index contributed by atoms with van der Waals surface area (Å²) in [5.74, 6) is -0.119. The summed E-state index contributed by atoms with van der Waals surface area (Å²) in [6.07, 6.45) is 1.44. The number of pyridine rings is 1. The zero-order valence-electron chi connectivity index (χ0n) is 12.0. The van der Waals surface area contributed by atoms with Crippen molar-refractivity contribution in [1.82, 2.24) is 4.98 Å². The molecular formula is C13H18BrN3O3. The number of nitrogens with zero attached hydrogens (tertiary/aromatic N) is 3. The predicted octanol–water partition coefficient (Wildman–Crippen LogP) is 3.15.